The van der Waals surface area contributed by atoms with Gasteiger partial charge in [0.1, 0.15) is 22.9 Å². The summed E-state index contributed by atoms with van der Waals surface area (Å²) < 4.78 is 41.4. The number of sulfonamides is 1. The van der Waals surface area contributed by atoms with E-state index < -0.39 is 15.9 Å². The Bertz CT molecular complexity index is 1410. The van der Waals surface area contributed by atoms with E-state index in [9.17, 15) is 13.2 Å². The molecule has 0 aliphatic rings. The Morgan fingerprint density at radius 3 is 2.24 bits per heavy atom. The monoisotopic (exact) mass is 482 g/mol. The number of hydrogen-bond donors (Lipinski definition) is 1. The summed E-state index contributed by atoms with van der Waals surface area (Å²) in [6.07, 6.45) is 1.71. The second-order valence-corrected chi connectivity index (χ2v) is 8.97. The summed E-state index contributed by atoms with van der Waals surface area (Å²) in [5.41, 5.74) is 1.27. The number of methoxy groups -OCH3 is 2. The van der Waals surface area contributed by atoms with Gasteiger partial charge in [0, 0.05) is 13.2 Å². The maximum Gasteiger partial charge on any atom is 0.303 e. The average molecular weight is 483 g/mol. The van der Waals surface area contributed by atoms with Crippen molar-refractivity contribution < 1.29 is 22.7 Å². The molecule has 12 heteroatoms. The van der Waals surface area contributed by atoms with Crippen molar-refractivity contribution in [3.8, 4) is 28.7 Å². The number of hydrogen-bond acceptors (Lipinski definition) is 8. The van der Waals surface area contributed by atoms with E-state index in [-0.39, 0.29) is 17.4 Å². The first-order chi connectivity index (χ1) is 16.3. The Morgan fingerprint density at radius 1 is 0.971 bits per heavy atom. The molecule has 4 aromatic rings. The number of para-hydroxylation sites is 1. The van der Waals surface area contributed by atoms with Crippen LogP contribution in [0.4, 0.5) is 0 Å². The number of aromatic nitrogens is 5. The Labute approximate surface area is 196 Å². The van der Waals surface area contributed by atoms with E-state index in [4.69, 9.17) is 9.47 Å². The standard InChI is InChI=1S/C22H22N6O5S/c1-27-13-12-16(25-27)20-23-24-21(28(20)19-17(32-2)10-7-11-18(19)33-3)22(29)26-34(30,31)14-15-8-5-4-6-9-15/h4-13H,14H2,1-3H3,(H,26,29). The topological polar surface area (TPSA) is 130 Å². The number of nitrogens with one attached hydrogen (secondary N) is 1. The van der Waals surface area contributed by atoms with Crippen molar-refractivity contribution in [2.24, 2.45) is 7.05 Å². The maximum absolute atomic E-state index is 13.2. The van der Waals surface area contributed by atoms with Crippen molar-refractivity contribution in [3.05, 3.63) is 72.2 Å². The number of amides is 1. The Balaban J connectivity index is 1.82. The summed E-state index contributed by atoms with van der Waals surface area (Å²) in [5, 5.41) is 12.5. The average Bonchev–Trinajstić information content (AvgIpc) is 3.44. The van der Waals surface area contributed by atoms with E-state index >= 15 is 0 Å². The third-order valence-electron chi connectivity index (χ3n) is 4.88. The number of rotatable bonds is 8. The fraction of sp³-hybridized carbons (Fsp3) is 0.182. The van der Waals surface area contributed by atoms with Crippen LogP contribution in [0.5, 0.6) is 11.5 Å². The van der Waals surface area contributed by atoms with Gasteiger partial charge in [-0.3, -0.25) is 14.0 Å². The van der Waals surface area contributed by atoms with Gasteiger partial charge in [-0.1, -0.05) is 36.4 Å². The fourth-order valence-electron chi connectivity index (χ4n) is 3.41. The molecule has 11 nitrogen and oxygen atoms in total. The molecule has 0 unspecified atom stereocenters. The van der Waals surface area contributed by atoms with Gasteiger partial charge in [0.2, 0.25) is 15.8 Å². The minimum atomic E-state index is -4.03. The smallest absolute Gasteiger partial charge is 0.303 e. The Kier molecular flexibility index (Phi) is 6.32. The summed E-state index contributed by atoms with van der Waals surface area (Å²) in [6.45, 7) is 0. The minimum absolute atomic E-state index is 0.203. The third kappa shape index (κ3) is 4.62. The van der Waals surface area contributed by atoms with Crippen LogP contribution in [0.25, 0.3) is 17.2 Å². The molecular formula is C22H22N6O5S. The molecule has 0 saturated carbocycles. The molecule has 34 heavy (non-hydrogen) atoms. The van der Waals surface area contributed by atoms with E-state index in [1.54, 1.807) is 72.5 Å². The van der Waals surface area contributed by atoms with Gasteiger partial charge in [-0.25, -0.2) is 13.1 Å². The molecule has 0 spiro atoms. The highest BCUT2D eigenvalue weighted by Crippen LogP contribution is 2.35. The summed E-state index contributed by atoms with van der Waals surface area (Å²) in [7, 11) is 0.638. The molecule has 0 bridgehead atoms. The lowest BCUT2D eigenvalue weighted by atomic mass is 10.2. The summed E-state index contributed by atoms with van der Waals surface area (Å²) in [5.74, 6) is -0.693. The van der Waals surface area contributed by atoms with Gasteiger partial charge < -0.3 is 9.47 Å². The van der Waals surface area contributed by atoms with E-state index in [2.05, 4.69) is 20.0 Å². The number of nitrogens with zero attached hydrogens (tertiary/aromatic N) is 5. The van der Waals surface area contributed by atoms with Gasteiger partial charge in [0.05, 0.1) is 20.0 Å². The number of ether oxygens (including phenoxy) is 2. The molecule has 0 saturated heterocycles. The van der Waals surface area contributed by atoms with Crippen LogP contribution in [0.15, 0.2) is 60.8 Å². The lowest BCUT2D eigenvalue weighted by Gasteiger charge is -2.16. The van der Waals surface area contributed by atoms with Crippen LogP contribution in [0.1, 0.15) is 16.2 Å². The van der Waals surface area contributed by atoms with Crippen molar-refractivity contribution in [2.75, 3.05) is 14.2 Å². The van der Waals surface area contributed by atoms with Crippen molar-refractivity contribution in [2.45, 2.75) is 5.75 Å². The van der Waals surface area contributed by atoms with Crippen LogP contribution in [0.3, 0.4) is 0 Å². The molecule has 0 fully saturated rings. The van der Waals surface area contributed by atoms with Crippen molar-refractivity contribution >= 4 is 15.9 Å². The van der Waals surface area contributed by atoms with Crippen LogP contribution >= 0.6 is 0 Å². The molecule has 0 aliphatic carbocycles. The molecule has 1 amide bonds. The molecule has 2 aromatic carbocycles. The third-order valence-corrected chi connectivity index (χ3v) is 6.09. The normalized spacial score (nSPS) is 11.3. The molecule has 176 valence electrons. The van der Waals surface area contributed by atoms with E-state index in [1.165, 1.54) is 18.8 Å². The number of benzene rings is 2. The second-order valence-electron chi connectivity index (χ2n) is 7.24. The van der Waals surface area contributed by atoms with Gasteiger partial charge in [-0.05, 0) is 23.8 Å². The number of carbonyl (C=O) groups is 1. The predicted octanol–water partition coefficient (Wildman–Crippen LogP) is 1.94. The first-order valence-electron chi connectivity index (χ1n) is 10.1. The fourth-order valence-corrected chi connectivity index (χ4v) is 4.49. The first-order valence-corrected chi connectivity index (χ1v) is 11.7. The zero-order valence-electron chi connectivity index (χ0n) is 18.7. The van der Waals surface area contributed by atoms with Gasteiger partial charge >= 0.3 is 5.91 Å². The molecule has 2 aromatic heterocycles. The summed E-state index contributed by atoms with van der Waals surface area (Å²) >= 11 is 0. The zero-order valence-corrected chi connectivity index (χ0v) is 19.5. The molecule has 0 atom stereocenters. The second kappa shape index (κ2) is 9.35. The Hall–Kier alpha value is -4.19. The zero-order chi connectivity index (χ0) is 24.3. The van der Waals surface area contributed by atoms with Crippen LogP contribution in [-0.4, -0.2) is 53.1 Å². The van der Waals surface area contributed by atoms with Gasteiger partial charge in [-0.15, -0.1) is 10.2 Å². The molecule has 2 heterocycles. The Morgan fingerprint density at radius 2 is 1.65 bits per heavy atom. The molecular weight excluding hydrogens is 460 g/mol. The van der Waals surface area contributed by atoms with Crippen molar-refractivity contribution in [3.63, 3.8) is 0 Å². The van der Waals surface area contributed by atoms with Gasteiger partial charge in [0.15, 0.2) is 5.82 Å². The van der Waals surface area contributed by atoms with Crippen LogP contribution in [0, 0.1) is 0 Å². The molecule has 1 N–H and O–H groups in total. The van der Waals surface area contributed by atoms with E-state index in [0.717, 1.165) is 0 Å². The lowest BCUT2D eigenvalue weighted by molar-refractivity contribution is 0.0969. The van der Waals surface area contributed by atoms with Crippen LogP contribution in [0.2, 0.25) is 0 Å². The number of carbonyl (C=O) groups excluding carboxylic acids is 1. The van der Waals surface area contributed by atoms with Crippen LogP contribution in [-0.2, 0) is 22.8 Å². The maximum atomic E-state index is 13.2. The highest BCUT2D eigenvalue weighted by atomic mass is 32.2. The summed E-state index contributed by atoms with van der Waals surface area (Å²) in [6, 6.07) is 15.3. The first kappa shape index (κ1) is 23.0. The number of aryl methyl sites for hydroxylation is 1. The predicted molar refractivity (Wildman–Crippen MR) is 123 cm³/mol. The molecule has 0 aliphatic heterocycles. The highest BCUT2D eigenvalue weighted by Gasteiger charge is 2.29. The van der Waals surface area contributed by atoms with Crippen molar-refractivity contribution in [1.82, 2.24) is 29.3 Å². The van der Waals surface area contributed by atoms with E-state index in [1.807, 2.05) is 0 Å². The largest absolute Gasteiger partial charge is 0.494 e. The van der Waals surface area contributed by atoms with Crippen molar-refractivity contribution in [1.29, 1.82) is 0 Å². The quantitative estimate of drug-likeness (QED) is 0.403. The van der Waals surface area contributed by atoms with Gasteiger partial charge in [-0.2, -0.15) is 5.10 Å². The highest BCUT2D eigenvalue weighted by molar-refractivity contribution is 7.89. The van der Waals surface area contributed by atoms with E-state index in [0.29, 0.717) is 28.4 Å². The molecule has 4 rings (SSSR count). The van der Waals surface area contributed by atoms with Crippen LogP contribution < -0.4 is 14.2 Å². The molecule has 0 radical (unpaired) electrons. The minimum Gasteiger partial charge on any atom is -0.494 e. The van der Waals surface area contributed by atoms with Gasteiger partial charge in [0.25, 0.3) is 0 Å². The summed E-state index contributed by atoms with van der Waals surface area (Å²) in [4.78, 5) is 13.2. The SMILES string of the molecule is COc1cccc(OC)c1-n1c(C(=O)NS(=O)(=O)Cc2ccccc2)nnc1-c1ccn(C)n1. The lowest BCUT2D eigenvalue weighted by Crippen LogP contribution is -2.33.